The van der Waals surface area contributed by atoms with Crippen LogP contribution in [-0.4, -0.2) is 14.2 Å². The fourth-order valence-electron chi connectivity index (χ4n) is 1.22. The summed E-state index contributed by atoms with van der Waals surface area (Å²) >= 11 is 0. The summed E-state index contributed by atoms with van der Waals surface area (Å²) in [6.07, 6.45) is 1.87. The first-order chi connectivity index (χ1) is 4.77. The van der Waals surface area contributed by atoms with Crippen LogP contribution in [0.4, 0.5) is 0 Å². The van der Waals surface area contributed by atoms with Crippen molar-refractivity contribution in [2.24, 2.45) is 5.41 Å². The van der Waals surface area contributed by atoms with Crippen molar-refractivity contribution < 1.29 is 8.42 Å². The predicted octanol–water partition coefficient (Wildman–Crippen LogP) is 2.38. The van der Waals surface area contributed by atoms with Crippen LogP contribution in [0.15, 0.2) is 0 Å². The molecular weight excluding hydrogens is 184 g/mol. The van der Waals surface area contributed by atoms with Crippen molar-refractivity contribution in [1.29, 1.82) is 0 Å². The molecular formula is C7H15ClO2S. The fraction of sp³-hybridized carbons (Fsp3) is 1.00. The van der Waals surface area contributed by atoms with Gasteiger partial charge in [0.25, 0.3) is 0 Å². The Hall–Kier alpha value is 0.240. The third-order valence-electron chi connectivity index (χ3n) is 1.49. The molecule has 0 radical (unpaired) electrons. The van der Waals surface area contributed by atoms with Crippen LogP contribution in [0, 0.1) is 5.41 Å². The smallest absolute Gasteiger partial charge is 0.212 e. The summed E-state index contributed by atoms with van der Waals surface area (Å²) in [4.78, 5) is 0. The first-order valence-corrected chi connectivity index (χ1v) is 6.17. The minimum Gasteiger partial charge on any atom is -0.212 e. The van der Waals surface area contributed by atoms with Crippen molar-refractivity contribution >= 4 is 19.7 Å². The molecule has 0 amide bonds. The molecule has 0 aromatic heterocycles. The molecule has 0 aliphatic heterocycles. The van der Waals surface area contributed by atoms with Gasteiger partial charge in [-0.3, -0.25) is 0 Å². The van der Waals surface area contributed by atoms with Crippen molar-refractivity contribution in [3.8, 4) is 0 Å². The van der Waals surface area contributed by atoms with Gasteiger partial charge in [-0.05, 0) is 11.8 Å². The molecule has 0 fully saturated rings. The summed E-state index contributed by atoms with van der Waals surface area (Å²) in [5.74, 6) is 0.0649. The average molecular weight is 199 g/mol. The van der Waals surface area contributed by atoms with Crippen LogP contribution in [-0.2, 0) is 9.05 Å². The first-order valence-electron chi connectivity index (χ1n) is 3.69. The largest absolute Gasteiger partial charge is 0.233 e. The molecule has 0 atom stereocenters. The van der Waals surface area contributed by atoms with Crippen molar-refractivity contribution in [3.05, 3.63) is 0 Å². The van der Waals surface area contributed by atoms with E-state index in [0.29, 0.717) is 0 Å². The monoisotopic (exact) mass is 198 g/mol. The molecule has 0 unspecified atom stereocenters. The molecule has 0 aromatic carbocycles. The van der Waals surface area contributed by atoms with Crippen LogP contribution in [0.5, 0.6) is 0 Å². The Morgan fingerprint density at radius 1 is 1.36 bits per heavy atom. The summed E-state index contributed by atoms with van der Waals surface area (Å²) in [5, 5.41) is 0. The molecule has 0 aromatic rings. The van der Waals surface area contributed by atoms with Crippen molar-refractivity contribution in [1.82, 2.24) is 0 Å². The van der Waals surface area contributed by atoms with Gasteiger partial charge >= 0.3 is 0 Å². The average Bonchev–Trinajstić information content (AvgIpc) is 1.55. The molecule has 0 aliphatic rings. The second-order valence-electron chi connectivity index (χ2n) is 3.60. The summed E-state index contributed by atoms with van der Waals surface area (Å²) in [7, 11) is 1.79. The molecule has 0 spiro atoms. The van der Waals surface area contributed by atoms with Gasteiger partial charge in [-0.2, -0.15) is 0 Å². The summed E-state index contributed by atoms with van der Waals surface area (Å²) in [5.41, 5.74) is -0.185. The Kier molecular flexibility index (Phi) is 3.85. The Bertz CT molecular complexity index is 206. The van der Waals surface area contributed by atoms with E-state index in [-0.39, 0.29) is 11.2 Å². The van der Waals surface area contributed by atoms with Gasteiger partial charge in [-0.1, -0.05) is 27.2 Å². The maximum atomic E-state index is 10.7. The minimum absolute atomic E-state index is 0.0649. The van der Waals surface area contributed by atoms with Gasteiger partial charge in [0, 0.05) is 10.7 Å². The van der Waals surface area contributed by atoms with E-state index in [1.807, 2.05) is 20.8 Å². The first kappa shape index (κ1) is 11.2. The number of halogens is 1. The predicted molar refractivity (Wildman–Crippen MR) is 48.3 cm³/mol. The maximum absolute atomic E-state index is 10.7. The van der Waals surface area contributed by atoms with Gasteiger partial charge in [0.15, 0.2) is 0 Å². The highest BCUT2D eigenvalue weighted by atomic mass is 35.7. The Labute approximate surface area is 73.4 Å². The zero-order valence-electron chi connectivity index (χ0n) is 7.22. The molecule has 0 saturated carbocycles. The van der Waals surface area contributed by atoms with Gasteiger partial charge in [0.2, 0.25) is 9.05 Å². The van der Waals surface area contributed by atoms with Crippen LogP contribution in [0.25, 0.3) is 0 Å². The van der Waals surface area contributed by atoms with Crippen LogP contribution in [0.3, 0.4) is 0 Å². The van der Waals surface area contributed by atoms with Crippen molar-refractivity contribution in [3.63, 3.8) is 0 Å². The molecule has 0 bridgehead atoms. The zero-order chi connectivity index (χ0) is 9.12. The highest BCUT2D eigenvalue weighted by Crippen LogP contribution is 2.25. The number of hydrogen-bond acceptors (Lipinski definition) is 2. The molecule has 11 heavy (non-hydrogen) atoms. The van der Waals surface area contributed by atoms with E-state index in [2.05, 4.69) is 0 Å². The lowest BCUT2D eigenvalue weighted by Crippen LogP contribution is -2.20. The highest BCUT2D eigenvalue weighted by molar-refractivity contribution is 8.13. The molecule has 4 heteroatoms. The third kappa shape index (κ3) is 6.63. The Balaban J connectivity index is 4.13. The van der Waals surface area contributed by atoms with Crippen molar-refractivity contribution in [2.75, 3.05) is 5.75 Å². The summed E-state index contributed by atoms with van der Waals surface area (Å²) in [6.45, 7) is 5.86. The third-order valence-corrected chi connectivity index (χ3v) is 2.94. The van der Waals surface area contributed by atoms with E-state index < -0.39 is 9.05 Å². The van der Waals surface area contributed by atoms with Gasteiger partial charge in [-0.25, -0.2) is 8.42 Å². The van der Waals surface area contributed by atoms with E-state index in [1.54, 1.807) is 0 Å². The molecule has 0 aliphatic carbocycles. The molecule has 68 valence electrons. The fourth-order valence-corrected chi connectivity index (χ4v) is 3.18. The van der Waals surface area contributed by atoms with E-state index in [9.17, 15) is 8.42 Å². The maximum Gasteiger partial charge on any atom is 0.233 e. The Morgan fingerprint density at radius 3 is 2.09 bits per heavy atom. The van der Waals surface area contributed by atoms with Crippen molar-refractivity contribution in [2.45, 2.75) is 33.6 Å². The van der Waals surface area contributed by atoms with Crippen LogP contribution in [0.2, 0.25) is 0 Å². The molecule has 0 N–H and O–H groups in total. The lowest BCUT2D eigenvalue weighted by Gasteiger charge is -2.21. The number of hydrogen-bond donors (Lipinski definition) is 0. The minimum atomic E-state index is -3.33. The topological polar surface area (TPSA) is 34.1 Å². The van der Waals surface area contributed by atoms with Crippen LogP contribution < -0.4 is 0 Å². The van der Waals surface area contributed by atoms with Gasteiger partial charge < -0.3 is 0 Å². The van der Waals surface area contributed by atoms with Gasteiger partial charge in [-0.15, -0.1) is 0 Å². The number of rotatable bonds is 4. The zero-order valence-corrected chi connectivity index (χ0v) is 8.80. The molecule has 0 rings (SSSR count). The van der Waals surface area contributed by atoms with Gasteiger partial charge in [0.05, 0.1) is 5.75 Å². The highest BCUT2D eigenvalue weighted by Gasteiger charge is 2.23. The normalized spacial score (nSPS) is 13.5. The van der Waals surface area contributed by atoms with E-state index in [4.69, 9.17) is 10.7 Å². The quantitative estimate of drug-likeness (QED) is 0.650. The van der Waals surface area contributed by atoms with Crippen LogP contribution >= 0.6 is 10.7 Å². The lowest BCUT2D eigenvalue weighted by atomic mass is 9.91. The van der Waals surface area contributed by atoms with Gasteiger partial charge in [0.1, 0.15) is 0 Å². The standard InChI is InChI=1S/C7H15ClO2S/c1-4-5-7(2,3)6-11(8,9)10/h4-6H2,1-3H3. The molecule has 0 heterocycles. The SMILES string of the molecule is CCCC(C)(C)CS(=O)(=O)Cl. The molecule has 0 saturated heterocycles. The van der Waals surface area contributed by atoms with Crippen LogP contribution in [0.1, 0.15) is 33.6 Å². The summed E-state index contributed by atoms with van der Waals surface area (Å²) < 4.78 is 21.4. The Morgan fingerprint density at radius 2 is 1.82 bits per heavy atom. The molecule has 2 nitrogen and oxygen atoms in total. The second-order valence-corrected chi connectivity index (χ2v) is 6.37. The second kappa shape index (κ2) is 3.76. The van der Waals surface area contributed by atoms with E-state index in [0.717, 1.165) is 12.8 Å². The lowest BCUT2D eigenvalue weighted by molar-refractivity contribution is 0.375. The summed E-state index contributed by atoms with van der Waals surface area (Å²) in [6, 6.07) is 0. The van der Waals surface area contributed by atoms with E-state index in [1.165, 1.54) is 0 Å². The van der Waals surface area contributed by atoms with E-state index >= 15 is 0 Å².